The Morgan fingerprint density at radius 1 is 1.21 bits per heavy atom. The third kappa shape index (κ3) is 2.87. The van der Waals surface area contributed by atoms with Crippen molar-refractivity contribution < 1.29 is 17.6 Å². The highest BCUT2D eigenvalue weighted by Gasteiger charge is 2.35. The number of benzene rings is 1. The zero-order valence-corrected chi connectivity index (χ0v) is 10.0. The molecule has 1 aliphatic rings. The average molecular weight is 272 g/mol. The third-order valence-corrected chi connectivity index (χ3v) is 3.24. The van der Waals surface area contributed by atoms with Gasteiger partial charge in [-0.3, -0.25) is 4.90 Å². The van der Waals surface area contributed by atoms with Crippen LogP contribution in [0.4, 0.5) is 17.6 Å². The molecule has 1 aromatic rings. The molecule has 0 spiro atoms. The van der Waals surface area contributed by atoms with Gasteiger partial charge < -0.3 is 0 Å². The van der Waals surface area contributed by atoms with Crippen LogP contribution in [0.25, 0.3) is 0 Å². The summed E-state index contributed by atoms with van der Waals surface area (Å²) in [4.78, 5) is 1.81. The van der Waals surface area contributed by atoms with Gasteiger partial charge in [-0.1, -0.05) is 6.07 Å². The average Bonchev–Trinajstić information content (AvgIpc) is 2.84. The summed E-state index contributed by atoms with van der Waals surface area (Å²) in [6, 6.07) is 4.01. The van der Waals surface area contributed by atoms with Gasteiger partial charge in [0.2, 0.25) is 0 Å². The maximum atomic E-state index is 13.2. The largest absolute Gasteiger partial charge is 0.419 e. The third-order valence-electron chi connectivity index (χ3n) is 3.24. The molecule has 1 atom stereocenters. The van der Waals surface area contributed by atoms with Gasteiger partial charge >= 0.3 is 6.18 Å². The molecular formula is C13H12F4N2. The molecule has 0 radical (unpaired) electrons. The number of hydrogen-bond acceptors (Lipinski definition) is 2. The van der Waals surface area contributed by atoms with Crippen molar-refractivity contribution in [2.24, 2.45) is 0 Å². The first-order chi connectivity index (χ1) is 8.93. The van der Waals surface area contributed by atoms with Gasteiger partial charge in [0, 0.05) is 0 Å². The van der Waals surface area contributed by atoms with E-state index in [0.717, 1.165) is 25.0 Å². The lowest BCUT2D eigenvalue weighted by atomic mass is 10.0. The molecule has 1 aliphatic heterocycles. The number of halogens is 4. The molecule has 0 aromatic heterocycles. The highest BCUT2D eigenvalue weighted by molar-refractivity contribution is 5.32. The Kier molecular flexibility index (Phi) is 3.76. The highest BCUT2D eigenvalue weighted by atomic mass is 19.4. The number of alkyl halides is 3. The fourth-order valence-electron chi connectivity index (χ4n) is 2.30. The Hall–Kier alpha value is -1.61. The van der Waals surface area contributed by atoms with Crippen LogP contribution in [-0.4, -0.2) is 18.0 Å². The molecule has 19 heavy (non-hydrogen) atoms. The quantitative estimate of drug-likeness (QED) is 0.770. The summed E-state index contributed by atoms with van der Waals surface area (Å²) in [6.45, 7) is 1.36. The summed E-state index contributed by atoms with van der Waals surface area (Å²) in [5.41, 5.74) is -1.12. The second-order valence-electron chi connectivity index (χ2n) is 4.51. The smallest absolute Gasteiger partial charge is 0.284 e. The van der Waals surface area contributed by atoms with Gasteiger partial charge in [0.15, 0.2) is 0 Å². The molecule has 1 heterocycles. The predicted octanol–water partition coefficient (Wildman–Crippen LogP) is 3.50. The topological polar surface area (TPSA) is 27.0 Å². The molecule has 2 nitrogen and oxygen atoms in total. The first-order valence-electron chi connectivity index (χ1n) is 5.94. The monoisotopic (exact) mass is 272 g/mol. The van der Waals surface area contributed by atoms with Crippen LogP contribution in [-0.2, 0) is 6.18 Å². The standard InChI is InChI=1S/C13H12F4N2/c14-11-4-3-9(7-10(11)13(15,16)17)12(8-18)19-5-1-2-6-19/h3-4,7,12H,1-2,5-6H2. The molecule has 0 aliphatic carbocycles. The molecule has 1 unspecified atom stereocenters. The number of hydrogen-bond donors (Lipinski definition) is 0. The van der Waals surface area contributed by atoms with Crippen molar-refractivity contribution in [1.82, 2.24) is 4.90 Å². The molecule has 6 heteroatoms. The van der Waals surface area contributed by atoms with Gasteiger partial charge in [-0.25, -0.2) is 4.39 Å². The van der Waals surface area contributed by atoms with E-state index >= 15 is 0 Å². The summed E-state index contributed by atoms with van der Waals surface area (Å²) < 4.78 is 51.1. The SMILES string of the molecule is N#CC(c1ccc(F)c(C(F)(F)F)c1)N1CCCC1. The van der Waals surface area contributed by atoms with E-state index in [9.17, 15) is 17.6 Å². The van der Waals surface area contributed by atoms with Crippen LogP contribution in [0, 0.1) is 17.1 Å². The van der Waals surface area contributed by atoms with E-state index in [1.807, 2.05) is 11.0 Å². The maximum absolute atomic E-state index is 13.2. The minimum Gasteiger partial charge on any atom is -0.284 e. The van der Waals surface area contributed by atoms with Crippen LogP contribution in [0.3, 0.4) is 0 Å². The van der Waals surface area contributed by atoms with Gasteiger partial charge in [0.1, 0.15) is 11.9 Å². The number of nitriles is 1. The van der Waals surface area contributed by atoms with Gasteiger partial charge in [0.25, 0.3) is 0 Å². The first-order valence-corrected chi connectivity index (χ1v) is 5.94. The van der Waals surface area contributed by atoms with Crippen LogP contribution >= 0.6 is 0 Å². The van der Waals surface area contributed by atoms with E-state index < -0.39 is 23.6 Å². The summed E-state index contributed by atoms with van der Waals surface area (Å²) in [5, 5.41) is 9.14. The van der Waals surface area contributed by atoms with Crippen LogP contribution in [0.15, 0.2) is 18.2 Å². The zero-order valence-electron chi connectivity index (χ0n) is 10.0. The maximum Gasteiger partial charge on any atom is 0.419 e. The van der Waals surface area contributed by atoms with E-state index in [1.165, 1.54) is 6.07 Å². The van der Waals surface area contributed by atoms with E-state index in [0.29, 0.717) is 13.1 Å². The van der Waals surface area contributed by atoms with Crippen molar-refractivity contribution in [2.45, 2.75) is 25.1 Å². The number of rotatable bonds is 2. The number of likely N-dealkylation sites (tertiary alicyclic amines) is 1. The van der Waals surface area contributed by atoms with Crippen molar-refractivity contribution in [3.8, 4) is 6.07 Å². The predicted molar refractivity (Wildman–Crippen MR) is 60.6 cm³/mol. The van der Waals surface area contributed by atoms with Gasteiger partial charge in [-0.2, -0.15) is 18.4 Å². The normalized spacial score (nSPS) is 18.3. The number of nitrogens with zero attached hydrogens (tertiary/aromatic N) is 2. The molecule has 0 amide bonds. The molecule has 2 rings (SSSR count). The Morgan fingerprint density at radius 2 is 1.84 bits per heavy atom. The van der Waals surface area contributed by atoms with Gasteiger partial charge in [0.05, 0.1) is 11.6 Å². The first kappa shape index (κ1) is 13.8. The molecule has 1 saturated heterocycles. The van der Waals surface area contributed by atoms with Crippen molar-refractivity contribution in [3.63, 3.8) is 0 Å². The van der Waals surface area contributed by atoms with Crippen molar-refractivity contribution >= 4 is 0 Å². The van der Waals surface area contributed by atoms with Crippen molar-refractivity contribution in [1.29, 1.82) is 5.26 Å². The highest BCUT2D eigenvalue weighted by Crippen LogP contribution is 2.34. The Balaban J connectivity index is 2.36. The molecule has 1 aromatic carbocycles. The Morgan fingerprint density at radius 3 is 2.37 bits per heavy atom. The Labute approximate surface area is 108 Å². The Bertz CT molecular complexity index is 498. The van der Waals surface area contributed by atoms with E-state index in [2.05, 4.69) is 0 Å². The van der Waals surface area contributed by atoms with E-state index in [-0.39, 0.29) is 5.56 Å². The zero-order chi connectivity index (χ0) is 14.0. The van der Waals surface area contributed by atoms with Gasteiger partial charge in [-0.05, 0) is 43.6 Å². The van der Waals surface area contributed by atoms with Crippen molar-refractivity contribution in [2.75, 3.05) is 13.1 Å². The lowest BCUT2D eigenvalue weighted by Gasteiger charge is -2.22. The van der Waals surface area contributed by atoms with Gasteiger partial charge in [-0.15, -0.1) is 0 Å². The van der Waals surface area contributed by atoms with Crippen LogP contribution in [0.2, 0.25) is 0 Å². The second-order valence-corrected chi connectivity index (χ2v) is 4.51. The molecule has 0 bridgehead atoms. The molecule has 0 N–H and O–H groups in total. The summed E-state index contributed by atoms with van der Waals surface area (Å²) in [6.07, 6.45) is -2.90. The lowest BCUT2D eigenvalue weighted by Crippen LogP contribution is -2.25. The summed E-state index contributed by atoms with van der Waals surface area (Å²) >= 11 is 0. The molecule has 102 valence electrons. The van der Waals surface area contributed by atoms with Crippen LogP contribution in [0.5, 0.6) is 0 Å². The molecular weight excluding hydrogens is 260 g/mol. The molecule has 1 fully saturated rings. The van der Waals surface area contributed by atoms with Crippen molar-refractivity contribution in [3.05, 3.63) is 35.1 Å². The summed E-state index contributed by atoms with van der Waals surface area (Å²) in [7, 11) is 0. The fraction of sp³-hybridized carbons (Fsp3) is 0.462. The molecule has 0 saturated carbocycles. The summed E-state index contributed by atoms with van der Waals surface area (Å²) in [5.74, 6) is -1.31. The lowest BCUT2D eigenvalue weighted by molar-refractivity contribution is -0.140. The van der Waals surface area contributed by atoms with E-state index in [1.54, 1.807) is 0 Å². The fourth-order valence-corrected chi connectivity index (χ4v) is 2.30. The van der Waals surface area contributed by atoms with Crippen LogP contribution < -0.4 is 0 Å². The van der Waals surface area contributed by atoms with Crippen LogP contribution in [0.1, 0.15) is 30.0 Å². The second kappa shape index (κ2) is 5.17. The van der Waals surface area contributed by atoms with E-state index in [4.69, 9.17) is 5.26 Å². The minimum atomic E-state index is -4.74. The minimum absolute atomic E-state index is 0.193.